The average molecular weight is 371 g/mol. The van der Waals surface area contributed by atoms with Crippen molar-refractivity contribution in [3.05, 3.63) is 53.0 Å². The number of hydrogen-bond acceptors (Lipinski definition) is 4. The highest BCUT2D eigenvalue weighted by atomic mass is 19.1. The summed E-state index contributed by atoms with van der Waals surface area (Å²) in [5, 5.41) is 0. The van der Waals surface area contributed by atoms with E-state index in [4.69, 9.17) is 4.42 Å². The number of fused-ring (bicyclic) bond motifs is 1. The third-order valence-electron chi connectivity index (χ3n) is 5.25. The molecule has 142 valence electrons. The number of hydrogen-bond donors (Lipinski definition) is 0. The minimum absolute atomic E-state index is 0.0445. The van der Waals surface area contributed by atoms with Crippen molar-refractivity contribution < 1.29 is 18.4 Å². The van der Waals surface area contributed by atoms with Gasteiger partial charge in [-0.1, -0.05) is 19.1 Å². The van der Waals surface area contributed by atoms with Crippen molar-refractivity contribution in [3.63, 3.8) is 0 Å². The van der Waals surface area contributed by atoms with Crippen molar-refractivity contribution in [2.45, 2.75) is 32.7 Å². The topological polar surface area (TPSA) is 66.7 Å². The van der Waals surface area contributed by atoms with E-state index in [0.717, 1.165) is 12.8 Å². The Morgan fingerprint density at radius 1 is 1.19 bits per heavy atom. The molecule has 2 aromatic rings. The number of amides is 2. The Kier molecular flexibility index (Phi) is 4.68. The van der Waals surface area contributed by atoms with E-state index >= 15 is 0 Å². The van der Waals surface area contributed by atoms with E-state index in [2.05, 4.69) is 11.9 Å². The molecule has 1 fully saturated rings. The number of benzene rings is 1. The molecule has 2 amide bonds. The molecule has 0 spiro atoms. The first kappa shape index (κ1) is 17.7. The van der Waals surface area contributed by atoms with Crippen LogP contribution < -0.4 is 0 Å². The van der Waals surface area contributed by atoms with Gasteiger partial charge in [0.15, 0.2) is 0 Å². The van der Waals surface area contributed by atoms with Crippen LogP contribution in [0.2, 0.25) is 0 Å². The van der Waals surface area contributed by atoms with Crippen molar-refractivity contribution in [1.82, 2.24) is 14.8 Å². The van der Waals surface area contributed by atoms with Crippen LogP contribution in [0.1, 0.15) is 52.3 Å². The van der Waals surface area contributed by atoms with Crippen LogP contribution in [0.25, 0.3) is 0 Å². The Morgan fingerprint density at radius 3 is 2.78 bits per heavy atom. The maximum absolute atomic E-state index is 13.9. The summed E-state index contributed by atoms with van der Waals surface area (Å²) in [6.07, 6.45) is 2.57. The summed E-state index contributed by atoms with van der Waals surface area (Å²) in [5.74, 6) is 0.0994. The van der Waals surface area contributed by atoms with Crippen molar-refractivity contribution in [3.8, 4) is 0 Å². The summed E-state index contributed by atoms with van der Waals surface area (Å²) in [4.78, 5) is 33.0. The lowest BCUT2D eigenvalue weighted by Gasteiger charge is -2.29. The fraction of sp³-hybridized carbons (Fsp3) is 0.450. The molecule has 1 aromatic carbocycles. The zero-order valence-corrected chi connectivity index (χ0v) is 15.3. The summed E-state index contributed by atoms with van der Waals surface area (Å²) in [6, 6.07) is 5.94. The zero-order valence-electron chi connectivity index (χ0n) is 15.3. The van der Waals surface area contributed by atoms with Crippen LogP contribution in [-0.4, -0.2) is 46.2 Å². The van der Waals surface area contributed by atoms with E-state index in [9.17, 15) is 14.0 Å². The Balaban J connectivity index is 1.50. The fourth-order valence-corrected chi connectivity index (χ4v) is 3.78. The SMILES string of the molecule is C[C@H]1CCCN(C(=O)c2nc3c(o2)CCN(C(=O)c2ccccc2F)C3)C1. The molecular formula is C20H22FN3O3. The van der Waals surface area contributed by atoms with Gasteiger partial charge in [0.2, 0.25) is 0 Å². The van der Waals surface area contributed by atoms with Crippen LogP contribution >= 0.6 is 0 Å². The standard InChI is InChI=1S/C20H22FN3O3/c1-13-5-4-9-23(11-13)20(26)18-22-16-12-24(10-8-17(16)27-18)19(25)14-6-2-3-7-15(14)21/h2-3,6-7,13H,4-5,8-12H2,1H3/t13-/m0/s1. The number of rotatable bonds is 2. The molecule has 1 saturated heterocycles. The number of oxazole rings is 1. The van der Waals surface area contributed by atoms with Crippen molar-refractivity contribution in [2.24, 2.45) is 5.92 Å². The number of aromatic nitrogens is 1. The van der Waals surface area contributed by atoms with E-state index in [1.54, 1.807) is 21.9 Å². The van der Waals surface area contributed by atoms with E-state index in [-0.39, 0.29) is 29.8 Å². The second-order valence-corrected chi connectivity index (χ2v) is 7.34. The van der Waals surface area contributed by atoms with Crippen molar-refractivity contribution >= 4 is 11.8 Å². The Hall–Kier alpha value is -2.70. The lowest BCUT2D eigenvalue weighted by molar-refractivity contribution is 0.0638. The molecular weight excluding hydrogens is 349 g/mol. The van der Waals surface area contributed by atoms with Gasteiger partial charge in [0.05, 0.1) is 12.1 Å². The number of piperidine rings is 1. The zero-order chi connectivity index (χ0) is 19.0. The highest BCUT2D eigenvalue weighted by Crippen LogP contribution is 2.24. The van der Waals surface area contributed by atoms with Crippen LogP contribution in [0.15, 0.2) is 28.7 Å². The molecule has 2 aliphatic heterocycles. The fourth-order valence-electron chi connectivity index (χ4n) is 3.78. The highest BCUT2D eigenvalue weighted by molar-refractivity contribution is 5.94. The monoisotopic (exact) mass is 371 g/mol. The third-order valence-corrected chi connectivity index (χ3v) is 5.25. The van der Waals surface area contributed by atoms with Gasteiger partial charge in [-0.15, -0.1) is 0 Å². The van der Waals surface area contributed by atoms with Gasteiger partial charge in [-0.05, 0) is 30.9 Å². The van der Waals surface area contributed by atoms with Crippen LogP contribution in [0, 0.1) is 11.7 Å². The first-order chi connectivity index (χ1) is 13.0. The highest BCUT2D eigenvalue weighted by Gasteiger charge is 2.31. The van der Waals surface area contributed by atoms with E-state index in [1.807, 2.05) is 0 Å². The van der Waals surface area contributed by atoms with Crippen LogP contribution in [0.4, 0.5) is 4.39 Å². The lowest BCUT2D eigenvalue weighted by atomic mass is 10.0. The largest absolute Gasteiger partial charge is 0.437 e. The first-order valence-electron chi connectivity index (χ1n) is 9.34. The second kappa shape index (κ2) is 7.13. The number of carbonyl (C=O) groups is 2. The number of carbonyl (C=O) groups excluding carboxylic acids is 2. The van der Waals surface area contributed by atoms with Gasteiger partial charge in [0, 0.05) is 26.1 Å². The summed E-state index contributed by atoms with van der Waals surface area (Å²) in [6.45, 7) is 4.18. The van der Waals surface area contributed by atoms with Gasteiger partial charge in [-0.3, -0.25) is 9.59 Å². The predicted molar refractivity (Wildman–Crippen MR) is 95.6 cm³/mol. The minimum Gasteiger partial charge on any atom is -0.437 e. The summed E-state index contributed by atoms with van der Waals surface area (Å²) >= 11 is 0. The molecule has 1 aromatic heterocycles. The third kappa shape index (κ3) is 3.46. The average Bonchev–Trinajstić information content (AvgIpc) is 3.10. The van der Waals surface area contributed by atoms with Gasteiger partial charge < -0.3 is 14.2 Å². The molecule has 0 saturated carbocycles. The van der Waals surface area contributed by atoms with Gasteiger partial charge in [-0.25, -0.2) is 9.37 Å². The van der Waals surface area contributed by atoms with Crippen LogP contribution in [-0.2, 0) is 13.0 Å². The predicted octanol–water partition coefficient (Wildman–Crippen LogP) is 2.88. The van der Waals surface area contributed by atoms with Crippen LogP contribution in [0.3, 0.4) is 0 Å². The Labute approximate surface area is 157 Å². The smallest absolute Gasteiger partial charge is 0.309 e. The molecule has 1 atom stereocenters. The quantitative estimate of drug-likeness (QED) is 0.814. The molecule has 7 heteroatoms. The molecule has 0 radical (unpaired) electrons. The Bertz CT molecular complexity index is 879. The minimum atomic E-state index is -0.538. The lowest BCUT2D eigenvalue weighted by Crippen LogP contribution is -2.39. The normalized spacial score (nSPS) is 19.7. The van der Waals surface area contributed by atoms with E-state index in [1.165, 1.54) is 12.1 Å². The molecule has 0 N–H and O–H groups in total. The molecule has 3 heterocycles. The molecule has 27 heavy (non-hydrogen) atoms. The maximum atomic E-state index is 13.9. The van der Waals surface area contributed by atoms with Gasteiger partial charge in [0.1, 0.15) is 17.3 Å². The summed E-state index contributed by atoms with van der Waals surface area (Å²) < 4.78 is 19.6. The maximum Gasteiger partial charge on any atom is 0.309 e. The van der Waals surface area contributed by atoms with Gasteiger partial charge in [-0.2, -0.15) is 0 Å². The van der Waals surface area contributed by atoms with Gasteiger partial charge >= 0.3 is 5.91 Å². The van der Waals surface area contributed by atoms with Crippen LogP contribution in [0.5, 0.6) is 0 Å². The summed E-state index contributed by atoms with van der Waals surface area (Å²) in [5.41, 5.74) is 0.627. The molecule has 2 aliphatic rings. The molecule has 4 rings (SSSR count). The number of nitrogens with zero attached hydrogens (tertiary/aromatic N) is 3. The summed E-state index contributed by atoms with van der Waals surface area (Å²) in [7, 11) is 0. The van der Waals surface area contributed by atoms with Crippen molar-refractivity contribution in [2.75, 3.05) is 19.6 Å². The van der Waals surface area contributed by atoms with E-state index in [0.29, 0.717) is 43.4 Å². The molecule has 0 unspecified atom stereocenters. The van der Waals surface area contributed by atoms with Gasteiger partial charge in [0.25, 0.3) is 11.8 Å². The first-order valence-corrected chi connectivity index (χ1v) is 9.34. The number of halogens is 1. The molecule has 0 bridgehead atoms. The molecule has 6 nitrogen and oxygen atoms in total. The van der Waals surface area contributed by atoms with Crippen molar-refractivity contribution in [1.29, 1.82) is 0 Å². The second-order valence-electron chi connectivity index (χ2n) is 7.34. The Morgan fingerprint density at radius 2 is 2.00 bits per heavy atom. The van der Waals surface area contributed by atoms with E-state index < -0.39 is 5.82 Å². The number of likely N-dealkylation sites (tertiary alicyclic amines) is 1. The molecule has 0 aliphatic carbocycles.